The summed E-state index contributed by atoms with van der Waals surface area (Å²) in [6.45, 7) is 1.59. The summed E-state index contributed by atoms with van der Waals surface area (Å²) in [6.07, 6.45) is 0.873. The van der Waals surface area contributed by atoms with Crippen LogP contribution >= 0.6 is 23.2 Å². The second kappa shape index (κ2) is 6.42. The van der Waals surface area contributed by atoms with Crippen LogP contribution in [0.3, 0.4) is 0 Å². The molecule has 1 atom stereocenters. The van der Waals surface area contributed by atoms with Crippen molar-refractivity contribution in [2.24, 2.45) is 5.41 Å². The zero-order valence-corrected chi connectivity index (χ0v) is 13.5. The van der Waals surface area contributed by atoms with Crippen molar-refractivity contribution in [3.05, 3.63) is 35.6 Å². The van der Waals surface area contributed by atoms with Gasteiger partial charge in [0, 0.05) is 13.0 Å². The molecule has 1 N–H and O–H groups in total. The first-order valence-corrected chi connectivity index (χ1v) is 7.56. The van der Waals surface area contributed by atoms with E-state index in [9.17, 15) is 14.0 Å². The first kappa shape index (κ1) is 17.0. The van der Waals surface area contributed by atoms with E-state index in [-0.39, 0.29) is 12.4 Å². The number of hydrogen-bond acceptors (Lipinski definition) is 3. The molecule has 0 heterocycles. The number of halogens is 3. The zero-order valence-electron chi connectivity index (χ0n) is 12.0. The summed E-state index contributed by atoms with van der Waals surface area (Å²) in [5, 5.41) is 2.62. The van der Waals surface area contributed by atoms with Crippen LogP contribution in [0.15, 0.2) is 24.3 Å². The number of amides is 1. The average Bonchev–Trinajstić information content (AvgIpc) is 2.98. The summed E-state index contributed by atoms with van der Waals surface area (Å²) < 4.78 is 16.5. The molecule has 7 heteroatoms. The maximum absolute atomic E-state index is 12.7. The van der Waals surface area contributed by atoms with E-state index in [0.717, 1.165) is 5.56 Å². The number of esters is 1. The van der Waals surface area contributed by atoms with Gasteiger partial charge in [-0.3, -0.25) is 9.59 Å². The van der Waals surface area contributed by atoms with E-state index < -0.39 is 21.6 Å². The molecule has 0 saturated heterocycles. The Morgan fingerprint density at radius 3 is 2.45 bits per heavy atom. The Morgan fingerprint density at radius 1 is 1.32 bits per heavy atom. The highest BCUT2D eigenvalue weighted by Crippen LogP contribution is 2.64. The van der Waals surface area contributed by atoms with E-state index in [0.29, 0.717) is 19.4 Å². The molecule has 2 rings (SSSR count). The van der Waals surface area contributed by atoms with Gasteiger partial charge in [0.25, 0.3) is 5.91 Å². The highest BCUT2D eigenvalue weighted by atomic mass is 35.5. The average molecular weight is 348 g/mol. The van der Waals surface area contributed by atoms with Gasteiger partial charge in [-0.05, 0) is 31.0 Å². The molecule has 1 aliphatic rings. The van der Waals surface area contributed by atoms with Crippen LogP contribution in [0.4, 0.5) is 4.39 Å². The predicted molar refractivity (Wildman–Crippen MR) is 81.2 cm³/mol. The summed E-state index contributed by atoms with van der Waals surface area (Å²) >= 11 is 11.7. The normalized spacial score (nSPS) is 22.0. The van der Waals surface area contributed by atoms with Gasteiger partial charge in [0.15, 0.2) is 6.61 Å². The van der Waals surface area contributed by atoms with Crippen molar-refractivity contribution in [2.45, 2.75) is 24.1 Å². The fourth-order valence-corrected chi connectivity index (χ4v) is 2.65. The third kappa shape index (κ3) is 3.90. The van der Waals surface area contributed by atoms with Crippen molar-refractivity contribution in [1.29, 1.82) is 0 Å². The van der Waals surface area contributed by atoms with Gasteiger partial charge >= 0.3 is 5.97 Å². The lowest BCUT2D eigenvalue weighted by Crippen LogP contribution is -2.32. The number of carbonyl (C=O) groups excluding carboxylic acids is 2. The van der Waals surface area contributed by atoms with E-state index in [1.807, 2.05) is 0 Å². The van der Waals surface area contributed by atoms with Crippen LogP contribution in [-0.4, -0.2) is 29.4 Å². The van der Waals surface area contributed by atoms with Crippen LogP contribution in [-0.2, 0) is 20.7 Å². The van der Waals surface area contributed by atoms with E-state index in [2.05, 4.69) is 5.32 Å². The SMILES string of the molecule is C[C@]1(C(=O)OCC(=O)NCCc2ccc(F)cc2)CC1(Cl)Cl. The second-order valence-corrected chi connectivity index (χ2v) is 7.00. The lowest BCUT2D eigenvalue weighted by molar-refractivity contribution is -0.153. The largest absolute Gasteiger partial charge is 0.455 e. The van der Waals surface area contributed by atoms with Crippen molar-refractivity contribution in [1.82, 2.24) is 5.32 Å². The number of nitrogens with one attached hydrogen (secondary N) is 1. The Morgan fingerprint density at radius 2 is 1.91 bits per heavy atom. The first-order valence-electron chi connectivity index (χ1n) is 6.81. The molecule has 120 valence electrons. The maximum Gasteiger partial charge on any atom is 0.315 e. The Balaban J connectivity index is 1.66. The molecule has 1 aromatic carbocycles. The predicted octanol–water partition coefficient (Wildman–Crippen LogP) is 2.61. The van der Waals surface area contributed by atoms with E-state index in [4.69, 9.17) is 27.9 Å². The topological polar surface area (TPSA) is 55.4 Å². The van der Waals surface area contributed by atoms with Gasteiger partial charge in [-0.2, -0.15) is 0 Å². The Hall–Kier alpha value is -1.33. The molecule has 1 aromatic rings. The third-order valence-electron chi connectivity index (χ3n) is 3.69. The van der Waals surface area contributed by atoms with Crippen molar-refractivity contribution < 1.29 is 18.7 Å². The standard InChI is InChI=1S/C15H16Cl2FNO3/c1-14(9-15(14,16)17)13(21)22-8-12(20)19-7-6-10-2-4-11(18)5-3-10/h2-5H,6-9H2,1H3,(H,19,20)/t14-/m1/s1. The van der Waals surface area contributed by atoms with Gasteiger partial charge in [-0.15, -0.1) is 23.2 Å². The van der Waals surface area contributed by atoms with Gasteiger partial charge in [0.1, 0.15) is 15.6 Å². The minimum atomic E-state index is -1.11. The highest BCUT2D eigenvalue weighted by Gasteiger charge is 2.69. The number of hydrogen-bond donors (Lipinski definition) is 1. The summed E-state index contributed by atoms with van der Waals surface area (Å²) in [5.41, 5.74) is -0.0388. The van der Waals surface area contributed by atoms with Crippen LogP contribution in [0.5, 0.6) is 0 Å². The summed E-state index contributed by atoms with van der Waals surface area (Å²) in [5.74, 6) is -1.29. The molecule has 0 radical (unpaired) electrons. The van der Waals surface area contributed by atoms with Gasteiger partial charge in [-0.25, -0.2) is 4.39 Å². The molecular weight excluding hydrogens is 332 g/mol. The molecule has 1 saturated carbocycles. The number of alkyl halides is 2. The quantitative estimate of drug-likeness (QED) is 0.635. The van der Waals surface area contributed by atoms with Crippen molar-refractivity contribution in [3.8, 4) is 0 Å². The number of rotatable bonds is 6. The number of benzene rings is 1. The second-order valence-electron chi connectivity index (χ2n) is 5.52. The summed E-state index contributed by atoms with van der Waals surface area (Å²) in [7, 11) is 0. The van der Waals surface area contributed by atoms with Gasteiger partial charge < -0.3 is 10.1 Å². The lowest BCUT2D eigenvalue weighted by atomic mass is 10.1. The Labute approximate surface area is 137 Å². The van der Waals surface area contributed by atoms with Crippen LogP contribution < -0.4 is 5.32 Å². The highest BCUT2D eigenvalue weighted by molar-refractivity contribution is 6.53. The van der Waals surface area contributed by atoms with Crippen molar-refractivity contribution in [2.75, 3.05) is 13.2 Å². The molecule has 22 heavy (non-hydrogen) atoms. The first-order chi connectivity index (χ1) is 10.2. The monoisotopic (exact) mass is 347 g/mol. The summed E-state index contributed by atoms with van der Waals surface area (Å²) in [4.78, 5) is 23.4. The molecule has 0 aromatic heterocycles. The van der Waals surface area contributed by atoms with E-state index in [1.54, 1.807) is 19.1 Å². The minimum Gasteiger partial charge on any atom is -0.455 e. The smallest absolute Gasteiger partial charge is 0.315 e. The Kier molecular flexibility index (Phi) is 4.97. The van der Waals surface area contributed by atoms with Crippen molar-refractivity contribution >= 4 is 35.1 Å². The molecule has 0 spiro atoms. The van der Waals surface area contributed by atoms with Gasteiger partial charge in [-0.1, -0.05) is 12.1 Å². The molecule has 0 unspecified atom stereocenters. The van der Waals surface area contributed by atoms with Crippen LogP contribution in [0.2, 0.25) is 0 Å². The van der Waals surface area contributed by atoms with Crippen LogP contribution in [0.25, 0.3) is 0 Å². The van der Waals surface area contributed by atoms with Gasteiger partial charge in [0.2, 0.25) is 0 Å². The van der Waals surface area contributed by atoms with Gasteiger partial charge in [0.05, 0.1) is 0 Å². The number of ether oxygens (including phenoxy) is 1. The molecule has 1 aliphatic carbocycles. The fourth-order valence-electron chi connectivity index (χ4n) is 1.96. The third-order valence-corrected chi connectivity index (χ3v) is 4.79. The zero-order chi connectivity index (χ0) is 16.4. The molecule has 0 aliphatic heterocycles. The molecular formula is C15H16Cl2FNO3. The van der Waals surface area contributed by atoms with E-state index in [1.165, 1.54) is 12.1 Å². The van der Waals surface area contributed by atoms with Crippen LogP contribution in [0, 0.1) is 11.2 Å². The Bertz CT molecular complexity index is 577. The number of carbonyl (C=O) groups is 2. The van der Waals surface area contributed by atoms with E-state index >= 15 is 0 Å². The molecule has 4 nitrogen and oxygen atoms in total. The minimum absolute atomic E-state index is 0.303. The fraction of sp³-hybridized carbons (Fsp3) is 0.467. The molecule has 0 bridgehead atoms. The summed E-state index contributed by atoms with van der Waals surface area (Å²) in [6, 6.07) is 6.02. The van der Waals surface area contributed by atoms with Crippen LogP contribution in [0.1, 0.15) is 18.9 Å². The van der Waals surface area contributed by atoms with Crippen molar-refractivity contribution in [3.63, 3.8) is 0 Å². The lowest BCUT2D eigenvalue weighted by Gasteiger charge is -2.11. The molecule has 1 fully saturated rings. The maximum atomic E-state index is 12.7. The molecule has 1 amide bonds.